The molecule has 5 heteroatoms. The number of urea groups is 1. The van der Waals surface area contributed by atoms with Gasteiger partial charge in [-0.3, -0.25) is 0 Å². The molecule has 20 heavy (non-hydrogen) atoms. The van der Waals surface area contributed by atoms with Crippen molar-refractivity contribution in [3.63, 3.8) is 0 Å². The third-order valence-corrected chi connectivity index (χ3v) is 3.78. The van der Waals surface area contributed by atoms with Crippen molar-refractivity contribution in [1.29, 1.82) is 0 Å². The first-order chi connectivity index (χ1) is 9.52. The zero-order chi connectivity index (χ0) is 15.0. The molecule has 0 aliphatic carbocycles. The molecule has 1 unspecified atom stereocenters. The predicted octanol–water partition coefficient (Wildman–Crippen LogP) is 2.85. The van der Waals surface area contributed by atoms with Crippen molar-refractivity contribution in [1.82, 2.24) is 10.2 Å². The van der Waals surface area contributed by atoms with Gasteiger partial charge in [-0.15, -0.1) is 0 Å². The minimum atomic E-state index is -0.887. The van der Waals surface area contributed by atoms with Gasteiger partial charge in [-0.05, 0) is 25.2 Å². The van der Waals surface area contributed by atoms with E-state index in [4.69, 9.17) is 0 Å². The lowest BCUT2D eigenvalue weighted by Crippen LogP contribution is -2.49. The molecule has 0 radical (unpaired) electrons. The van der Waals surface area contributed by atoms with Gasteiger partial charge in [0.15, 0.2) is 0 Å². The van der Waals surface area contributed by atoms with Gasteiger partial charge in [0.2, 0.25) is 0 Å². The number of carboxylic acids is 1. The Morgan fingerprint density at radius 1 is 1.25 bits per heavy atom. The summed E-state index contributed by atoms with van der Waals surface area (Å²) >= 11 is 0. The molecule has 2 N–H and O–H groups in total. The summed E-state index contributed by atoms with van der Waals surface area (Å²) in [5, 5.41) is 12.1. The number of aliphatic carboxylic acids is 1. The molecule has 1 atom stereocenters. The van der Waals surface area contributed by atoms with Gasteiger partial charge in [0.05, 0.1) is 0 Å². The highest BCUT2D eigenvalue weighted by atomic mass is 16.4. The average molecular weight is 284 g/mol. The Morgan fingerprint density at radius 2 is 2.00 bits per heavy atom. The maximum absolute atomic E-state index is 12.1. The second-order valence-corrected chi connectivity index (χ2v) is 6.02. The van der Waals surface area contributed by atoms with Crippen molar-refractivity contribution >= 4 is 12.0 Å². The number of likely N-dealkylation sites (tertiary alicyclic amines) is 1. The van der Waals surface area contributed by atoms with Crippen LogP contribution in [0.3, 0.4) is 0 Å². The summed E-state index contributed by atoms with van der Waals surface area (Å²) < 4.78 is 0. The van der Waals surface area contributed by atoms with E-state index in [-0.39, 0.29) is 6.03 Å². The molecule has 0 aromatic heterocycles. The number of unbranched alkanes of at least 4 members (excludes halogenated alkanes) is 1. The van der Waals surface area contributed by atoms with Gasteiger partial charge in [-0.2, -0.15) is 0 Å². The van der Waals surface area contributed by atoms with E-state index in [1.807, 2.05) is 0 Å². The fourth-order valence-corrected chi connectivity index (χ4v) is 2.58. The number of nitrogens with one attached hydrogen (secondary N) is 1. The molecule has 116 valence electrons. The average Bonchev–Trinajstić information content (AvgIpc) is 2.63. The van der Waals surface area contributed by atoms with E-state index in [0.717, 1.165) is 38.5 Å². The molecule has 1 heterocycles. The molecule has 1 aliphatic rings. The molecule has 0 bridgehead atoms. The number of carbonyl (C=O) groups excluding carboxylic acids is 1. The standard InChI is InChI=1S/C15H28N2O3/c1-12(2)8-5-6-10-16-15(20)17-11-7-3-4-9-13(17)14(18)19/h12-13H,3-11H2,1-2H3,(H,16,20)(H,18,19). The van der Waals surface area contributed by atoms with E-state index in [1.54, 1.807) is 0 Å². The Balaban J connectivity index is 2.37. The first-order valence-corrected chi connectivity index (χ1v) is 7.79. The van der Waals surface area contributed by atoms with Crippen molar-refractivity contribution < 1.29 is 14.7 Å². The van der Waals surface area contributed by atoms with Gasteiger partial charge < -0.3 is 15.3 Å². The normalized spacial score (nSPS) is 19.8. The van der Waals surface area contributed by atoms with Gasteiger partial charge in [0, 0.05) is 13.1 Å². The van der Waals surface area contributed by atoms with Crippen LogP contribution < -0.4 is 5.32 Å². The van der Waals surface area contributed by atoms with Crippen LogP contribution in [-0.2, 0) is 4.79 Å². The van der Waals surface area contributed by atoms with Gasteiger partial charge in [-0.25, -0.2) is 9.59 Å². The summed E-state index contributed by atoms with van der Waals surface area (Å²) in [7, 11) is 0. The fourth-order valence-electron chi connectivity index (χ4n) is 2.58. The Morgan fingerprint density at radius 3 is 2.65 bits per heavy atom. The second kappa shape index (κ2) is 8.82. The maximum atomic E-state index is 12.1. The van der Waals surface area contributed by atoms with E-state index in [9.17, 15) is 14.7 Å². The highest BCUT2D eigenvalue weighted by Crippen LogP contribution is 2.17. The number of carboxylic acid groups (broad SMARTS) is 1. The molecular formula is C15H28N2O3. The Bertz CT molecular complexity index is 318. The third kappa shape index (κ3) is 5.80. The summed E-state index contributed by atoms with van der Waals surface area (Å²) in [6.45, 7) is 5.56. The summed E-state index contributed by atoms with van der Waals surface area (Å²) in [6, 6.07) is -0.878. The molecule has 2 amide bonds. The summed E-state index contributed by atoms with van der Waals surface area (Å²) in [6.07, 6.45) is 6.56. The maximum Gasteiger partial charge on any atom is 0.326 e. The quantitative estimate of drug-likeness (QED) is 0.737. The number of hydrogen-bond acceptors (Lipinski definition) is 2. The van der Waals surface area contributed by atoms with Crippen LogP contribution in [0.25, 0.3) is 0 Å². The van der Waals surface area contributed by atoms with E-state index in [2.05, 4.69) is 19.2 Å². The zero-order valence-electron chi connectivity index (χ0n) is 12.7. The molecule has 1 saturated heterocycles. The summed E-state index contributed by atoms with van der Waals surface area (Å²) in [5.74, 6) is -0.199. The number of nitrogens with zero attached hydrogens (tertiary/aromatic N) is 1. The molecule has 1 aliphatic heterocycles. The lowest BCUT2D eigenvalue weighted by molar-refractivity contribution is -0.142. The SMILES string of the molecule is CC(C)CCCCNC(=O)N1CCCCCC1C(=O)O. The van der Waals surface area contributed by atoms with Crippen LogP contribution in [0.2, 0.25) is 0 Å². The minimum Gasteiger partial charge on any atom is -0.480 e. The first-order valence-electron chi connectivity index (χ1n) is 7.79. The van der Waals surface area contributed by atoms with Crippen molar-refractivity contribution in [2.75, 3.05) is 13.1 Å². The van der Waals surface area contributed by atoms with Crippen LogP contribution in [-0.4, -0.2) is 41.1 Å². The van der Waals surface area contributed by atoms with Crippen molar-refractivity contribution in [3.8, 4) is 0 Å². The molecule has 0 spiro atoms. The topological polar surface area (TPSA) is 69.6 Å². The largest absolute Gasteiger partial charge is 0.480 e. The van der Waals surface area contributed by atoms with Gasteiger partial charge in [0.1, 0.15) is 6.04 Å². The zero-order valence-corrected chi connectivity index (χ0v) is 12.7. The third-order valence-electron chi connectivity index (χ3n) is 3.78. The fraction of sp³-hybridized carbons (Fsp3) is 0.867. The van der Waals surface area contributed by atoms with Crippen LogP contribution in [0.5, 0.6) is 0 Å². The number of carbonyl (C=O) groups is 2. The van der Waals surface area contributed by atoms with Crippen LogP contribution in [0.1, 0.15) is 58.8 Å². The van der Waals surface area contributed by atoms with E-state index >= 15 is 0 Å². The molecular weight excluding hydrogens is 256 g/mol. The highest BCUT2D eigenvalue weighted by molar-refractivity contribution is 5.82. The summed E-state index contributed by atoms with van der Waals surface area (Å²) in [5.41, 5.74) is 0. The van der Waals surface area contributed by atoms with E-state index in [1.165, 1.54) is 4.90 Å². The van der Waals surface area contributed by atoms with E-state index in [0.29, 0.717) is 25.4 Å². The lowest BCUT2D eigenvalue weighted by atomic mass is 10.1. The number of hydrogen-bond donors (Lipinski definition) is 2. The molecule has 0 aromatic carbocycles. The molecule has 1 rings (SSSR count). The number of amides is 2. The van der Waals surface area contributed by atoms with Gasteiger partial charge in [0.25, 0.3) is 0 Å². The molecule has 5 nitrogen and oxygen atoms in total. The van der Waals surface area contributed by atoms with E-state index < -0.39 is 12.0 Å². The van der Waals surface area contributed by atoms with Crippen LogP contribution >= 0.6 is 0 Å². The summed E-state index contributed by atoms with van der Waals surface area (Å²) in [4.78, 5) is 24.9. The second-order valence-electron chi connectivity index (χ2n) is 6.02. The van der Waals surface area contributed by atoms with Gasteiger partial charge in [-0.1, -0.05) is 39.5 Å². The Labute approximate surface area is 121 Å². The lowest BCUT2D eigenvalue weighted by Gasteiger charge is -2.27. The minimum absolute atomic E-state index is 0.219. The molecule has 1 fully saturated rings. The smallest absolute Gasteiger partial charge is 0.326 e. The van der Waals surface area contributed by atoms with Crippen LogP contribution in [0, 0.1) is 5.92 Å². The van der Waals surface area contributed by atoms with Crippen molar-refractivity contribution in [2.24, 2.45) is 5.92 Å². The monoisotopic (exact) mass is 284 g/mol. The Kier molecular flexibility index (Phi) is 7.41. The highest BCUT2D eigenvalue weighted by Gasteiger charge is 2.30. The molecule has 0 saturated carbocycles. The molecule has 0 aromatic rings. The van der Waals surface area contributed by atoms with Crippen LogP contribution in [0.4, 0.5) is 4.79 Å². The number of rotatable bonds is 6. The predicted molar refractivity (Wildman–Crippen MR) is 78.7 cm³/mol. The van der Waals surface area contributed by atoms with Gasteiger partial charge >= 0.3 is 12.0 Å². The Hall–Kier alpha value is -1.26. The first kappa shape index (κ1) is 16.8. The van der Waals surface area contributed by atoms with Crippen molar-refractivity contribution in [3.05, 3.63) is 0 Å². The van der Waals surface area contributed by atoms with Crippen LogP contribution in [0.15, 0.2) is 0 Å². The van der Waals surface area contributed by atoms with Crippen molar-refractivity contribution in [2.45, 2.75) is 64.8 Å².